The number of alkyl halides is 3. The first-order chi connectivity index (χ1) is 9.34. The fraction of sp³-hybridized carbons (Fsp3) is 0.667. The van der Waals surface area contributed by atoms with Gasteiger partial charge in [0.25, 0.3) is 0 Å². The second-order valence-electron chi connectivity index (χ2n) is 4.92. The van der Waals surface area contributed by atoms with Crippen LogP contribution < -0.4 is 4.90 Å². The van der Waals surface area contributed by atoms with E-state index >= 15 is 0 Å². The molecule has 1 aromatic heterocycles. The Morgan fingerprint density at radius 1 is 1.30 bits per heavy atom. The van der Waals surface area contributed by atoms with E-state index in [1.165, 1.54) is 0 Å². The minimum atomic E-state index is -4.49. The number of aliphatic hydroxyl groups excluding tert-OH is 1. The van der Waals surface area contributed by atoms with Gasteiger partial charge in [0.15, 0.2) is 0 Å². The molecule has 0 radical (unpaired) electrons. The number of aromatic nitrogens is 2. The summed E-state index contributed by atoms with van der Waals surface area (Å²) >= 11 is 0. The molecule has 1 fully saturated rings. The van der Waals surface area contributed by atoms with Crippen molar-refractivity contribution in [2.75, 3.05) is 24.6 Å². The van der Waals surface area contributed by atoms with Crippen LogP contribution in [0, 0.1) is 0 Å². The second kappa shape index (κ2) is 5.53. The van der Waals surface area contributed by atoms with Gasteiger partial charge in [-0.15, -0.1) is 0 Å². The maximum Gasteiger partial charge on any atom is 0.433 e. The lowest BCUT2D eigenvalue weighted by Crippen LogP contribution is -2.45. The van der Waals surface area contributed by atoms with Crippen LogP contribution in [-0.2, 0) is 6.18 Å². The van der Waals surface area contributed by atoms with Crippen LogP contribution in [0.3, 0.4) is 0 Å². The van der Waals surface area contributed by atoms with Crippen molar-refractivity contribution in [1.29, 1.82) is 0 Å². The van der Waals surface area contributed by atoms with Crippen molar-refractivity contribution >= 4 is 5.95 Å². The van der Waals surface area contributed by atoms with Crippen LogP contribution in [0.4, 0.5) is 19.1 Å². The molecule has 20 heavy (non-hydrogen) atoms. The standard InChI is InChI=1S/C12H16F3N3O2/c13-12(14,15)9-1-5-16-10(17-9)18-6-2-11(20,3-7-18)4-8-19/h1,5,19-20H,2-4,6-8H2. The highest BCUT2D eigenvalue weighted by atomic mass is 19.4. The van der Waals surface area contributed by atoms with E-state index in [2.05, 4.69) is 9.97 Å². The normalized spacial score (nSPS) is 19.1. The van der Waals surface area contributed by atoms with Crippen molar-refractivity contribution in [1.82, 2.24) is 9.97 Å². The van der Waals surface area contributed by atoms with Crippen LogP contribution >= 0.6 is 0 Å². The van der Waals surface area contributed by atoms with Crippen LogP contribution in [0.25, 0.3) is 0 Å². The Labute approximate surface area is 114 Å². The summed E-state index contributed by atoms with van der Waals surface area (Å²) in [6.07, 6.45) is -2.41. The molecule has 0 amide bonds. The number of halogens is 3. The number of hydrogen-bond acceptors (Lipinski definition) is 5. The molecule has 112 valence electrons. The predicted molar refractivity (Wildman–Crippen MR) is 65.1 cm³/mol. The molecule has 0 aliphatic carbocycles. The molecule has 0 atom stereocenters. The number of piperidine rings is 1. The lowest BCUT2D eigenvalue weighted by atomic mass is 9.89. The van der Waals surface area contributed by atoms with Crippen LogP contribution in [-0.4, -0.2) is 45.5 Å². The summed E-state index contributed by atoms with van der Waals surface area (Å²) in [7, 11) is 0. The number of rotatable bonds is 3. The summed E-state index contributed by atoms with van der Waals surface area (Å²) in [4.78, 5) is 8.99. The molecule has 0 unspecified atom stereocenters. The van der Waals surface area contributed by atoms with E-state index in [4.69, 9.17) is 5.11 Å². The molecular weight excluding hydrogens is 275 g/mol. The highest BCUT2D eigenvalue weighted by Crippen LogP contribution is 2.30. The summed E-state index contributed by atoms with van der Waals surface area (Å²) in [5.74, 6) is 0.0193. The second-order valence-corrected chi connectivity index (χ2v) is 4.92. The van der Waals surface area contributed by atoms with Gasteiger partial charge in [-0.3, -0.25) is 0 Å². The van der Waals surface area contributed by atoms with Crippen molar-refractivity contribution < 1.29 is 23.4 Å². The number of anilines is 1. The third-order valence-corrected chi connectivity index (χ3v) is 3.49. The molecule has 1 aliphatic rings. The molecule has 5 nitrogen and oxygen atoms in total. The summed E-state index contributed by atoms with van der Waals surface area (Å²) in [6, 6.07) is 0.829. The van der Waals surface area contributed by atoms with Gasteiger partial charge in [0, 0.05) is 25.9 Å². The van der Waals surface area contributed by atoms with Gasteiger partial charge in [0.05, 0.1) is 5.60 Å². The van der Waals surface area contributed by atoms with Crippen molar-refractivity contribution in [3.8, 4) is 0 Å². The van der Waals surface area contributed by atoms with Crippen molar-refractivity contribution in [2.45, 2.75) is 31.0 Å². The Kier molecular flexibility index (Phi) is 4.14. The average molecular weight is 291 g/mol. The molecule has 2 rings (SSSR count). The number of aliphatic hydroxyl groups is 2. The molecule has 0 bridgehead atoms. The van der Waals surface area contributed by atoms with Crippen molar-refractivity contribution in [3.63, 3.8) is 0 Å². The van der Waals surface area contributed by atoms with Crippen molar-refractivity contribution in [3.05, 3.63) is 18.0 Å². The highest BCUT2D eigenvalue weighted by molar-refractivity contribution is 5.32. The summed E-state index contributed by atoms with van der Waals surface area (Å²) in [5.41, 5.74) is -1.92. The predicted octanol–water partition coefficient (Wildman–Crippen LogP) is 1.21. The van der Waals surface area contributed by atoms with E-state index < -0.39 is 17.5 Å². The van der Waals surface area contributed by atoms with Gasteiger partial charge in [0.2, 0.25) is 5.95 Å². The first-order valence-corrected chi connectivity index (χ1v) is 6.32. The molecule has 2 N–H and O–H groups in total. The van der Waals surface area contributed by atoms with E-state index in [0.717, 1.165) is 12.3 Å². The van der Waals surface area contributed by atoms with Crippen LogP contribution in [0.1, 0.15) is 25.0 Å². The largest absolute Gasteiger partial charge is 0.433 e. The van der Waals surface area contributed by atoms with Gasteiger partial charge in [-0.25, -0.2) is 9.97 Å². The quantitative estimate of drug-likeness (QED) is 0.876. The molecule has 1 saturated heterocycles. The maximum absolute atomic E-state index is 12.6. The fourth-order valence-corrected chi connectivity index (χ4v) is 2.24. The topological polar surface area (TPSA) is 69.5 Å². The lowest BCUT2D eigenvalue weighted by molar-refractivity contribution is -0.141. The number of nitrogens with zero attached hydrogens (tertiary/aromatic N) is 3. The first-order valence-electron chi connectivity index (χ1n) is 6.32. The molecule has 2 heterocycles. The summed E-state index contributed by atoms with van der Waals surface area (Å²) < 4.78 is 37.7. The summed E-state index contributed by atoms with van der Waals surface area (Å²) in [5, 5.41) is 19.0. The maximum atomic E-state index is 12.6. The van der Waals surface area contributed by atoms with Gasteiger partial charge in [-0.1, -0.05) is 0 Å². The zero-order valence-corrected chi connectivity index (χ0v) is 10.8. The zero-order chi connectivity index (χ0) is 14.8. The van der Waals surface area contributed by atoms with E-state index in [-0.39, 0.29) is 19.0 Å². The fourth-order valence-electron chi connectivity index (χ4n) is 2.24. The Hall–Kier alpha value is -1.41. The lowest BCUT2D eigenvalue weighted by Gasteiger charge is -2.38. The zero-order valence-electron chi connectivity index (χ0n) is 10.8. The summed E-state index contributed by atoms with van der Waals surface area (Å²) in [6.45, 7) is 0.603. The van der Waals surface area contributed by atoms with E-state index in [0.29, 0.717) is 25.9 Å². The monoisotopic (exact) mass is 291 g/mol. The smallest absolute Gasteiger partial charge is 0.396 e. The molecular formula is C12H16F3N3O2. The minimum Gasteiger partial charge on any atom is -0.396 e. The Balaban J connectivity index is 2.07. The van der Waals surface area contributed by atoms with E-state index in [9.17, 15) is 18.3 Å². The molecule has 0 spiro atoms. The minimum absolute atomic E-state index is 0.0193. The van der Waals surface area contributed by atoms with Gasteiger partial charge in [0.1, 0.15) is 5.69 Å². The molecule has 1 aliphatic heterocycles. The molecule has 8 heteroatoms. The number of hydrogen-bond donors (Lipinski definition) is 2. The highest BCUT2D eigenvalue weighted by Gasteiger charge is 2.35. The van der Waals surface area contributed by atoms with E-state index in [1.54, 1.807) is 4.90 Å². The van der Waals surface area contributed by atoms with Crippen LogP contribution in [0.5, 0.6) is 0 Å². The van der Waals surface area contributed by atoms with Crippen molar-refractivity contribution in [2.24, 2.45) is 0 Å². The Bertz CT molecular complexity index is 460. The third kappa shape index (κ3) is 3.37. The van der Waals surface area contributed by atoms with Gasteiger partial charge < -0.3 is 15.1 Å². The third-order valence-electron chi connectivity index (χ3n) is 3.49. The van der Waals surface area contributed by atoms with Gasteiger partial charge in [-0.05, 0) is 25.3 Å². The average Bonchev–Trinajstić information content (AvgIpc) is 2.39. The first kappa shape index (κ1) is 15.0. The molecule has 1 aromatic rings. The van der Waals surface area contributed by atoms with E-state index in [1.807, 2.05) is 0 Å². The van der Waals surface area contributed by atoms with Gasteiger partial charge in [-0.2, -0.15) is 13.2 Å². The Morgan fingerprint density at radius 2 is 1.95 bits per heavy atom. The Morgan fingerprint density at radius 3 is 2.50 bits per heavy atom. The molecule has 0 saturated carbocycles. The SMILES string of the molecule is OCCC1(O)CCN(c2nccc(C(F)(F)F)n2)CC1. The molecule has 0 aromatic carbocycles. The van der Waals surface area contributed by atoms with Crippen LogP contribution in [0.15, 0.2) is 12.3 Å². The van der Waals surface area contributed by atoms with Gasteiger partial charge >= 0.3 is 6.18 Å². The van der Waals surface area contributed by atoms with Crippen LogP contribution in [0.2, 0.25) is 0 Å².